The molecule has 1 aliphatic heterocycles. The molecule has 0 spiro atoms. The molecule has 0 amide bonds. The van der Waals surface area contributed by atoms with Gasteiger partial charge in [0.25, 0.3) is 0 Å². The van der Waals surface area contributed by atoms with Crippen molar-refractivity contribution in [1.82, 2.24) is 0 Å². The van der Waals surface area contributed by atoms with Crippen molar-refractivity contribution in [3.8, 4) is 0 Å². The van der Waals surface area contributed by atoms with Gasteiger partial charge < -0.3 is 9.31 Å². The second-order valence-electron chi connectivity index (χ2n) is 5.93. The third-order valence-corrected chi connectivity index (χ3v) is 5.47. The van der Waals surface area contributed by atoms with Gasteiger partial charge >= 0.3 is 7.12 Å². The summed E-state index contributed by atoms with van der Waals surface area (Å²) in [7, 11) is -0.310. The third-order valence-electron chi connectivity index (χ3n) is 4.08. The summed E-state index contributed by atoms with van der Waals surface area (Å²) < 4.78 is 13.3. The minimum Gasteiger partial charge on any atom is -0.399 e. The van der Waals surface area contributed by atoms with E-state index >= 15 is 0 Å². The molecule has 0 unspecified atom stereocenters. The summed E-state index contributed by atoms with van der Waals surface area (Å²) in [6.45, 7) is 8.25. The fourth-order valence-corrected chi connectivity index (χ4v) is 3.36. The molecule has 0 aliphatic carbocycles. The molecular weight excluding hydrogens is 278 g/mol. The van der Waals surface area contributed by atoms with Gasteiger partial charge in [-0.25, -0.2) is 0 Å². The zero-order chi connectivity index (χ0) is 13.8. The minimum atomic E-state index is -0.310. The van der Waals surface area contributed by atoms with Crippen molar-refractivity contribution in [1.29, 1.82) is 0 Å². The highest BCUT2D eigenvalue weighted by molar-refractivity contribution is 7.18. The zero-order valence-corrected chi connectivity index (χ0v) is 13.1. The van der Waals surface area contributed by atoms with Crippen LogP contribution in [0.15, 0.2) is 23.6 Å². The Morgan fingerprint density at radius 3 is 2.37 bits per heavy atom. The second-order valence-corrected chi connectivity index (χ2v) is 7.25. The third kappa shape index (κ3) is 2.11. The lowest BCUT2D eigenvalue weighted by molar-refractivity contribution is 0.00578. The first-order valence-electron chi connectivity index (χ1n) is 6.32. The van der Waals surface area contributed by atoms with E-state index in [2.05, 4.69) is 33.8 Å². The molecular formula is C14H16BClO2S. The first-order chi connectivity index (χ1) is 8.80. The Hall–Kier alpha value is -0.545. The highest BCUT2D eigenvalue weighted by Crippen LogP contribution is 2.37. The lowest BCUT2D eigenvalue weighted by atomic mass is 9.79. The summed E-state index contributed by atoms with van der Waals surface area (Å²) >= 11 is 7.77. The maximum atomic E-state index is 6.12. The number of hydrogen-bond donors (Lipinski definition) is 0. The van der Waals surface area contributed by atoms with E-state index in [0.717, 1.165) is 20.6 Å². The van der Waals surface area contributed by atoms with Crippen molar-refractivity contribution >= 4 is 45.6 Å². The Labute approximate surface area is 122 Å². The molecule has 2 aromatic rings. The maximum Gasteiger partial charge on any atom is 0.494 e. The Kier molecular flexibility index (Phi) is 2.99. The molecule has 2 heterocycles. The molecule has 0 saturated carbocycles. The largest absolute Gasteiger partial charge is 0.494 e. The first-order valence-corrected chi connectivity index (χ1v) is 7.58. The van der Waals surface area contributed by atoms with Crippen LogP contribution in [-0.2, 0) is 9.31 Å². The molecule has 100 valence electrons. The molecule has 0 N–H and O–H groups in total. The molecule has 5 heteroatoms. The van der Waals surface area contributed by atoms with Crippen molar-refractivity contribution in [2.45, 2.75) is 38.9 Å². The van der Waals surface area contributed by atoms with Gasteiger partial charge in [0.05, 0.1) is 16.2 Å². The lowest BCUT2D eigenvalue weighted by Crippen LogP contribution is -2.41. The van der Waals surface area contributed by atoms with E-state index in [1.165, 1.54) is 0 Å². The van der Waals surface area contributed by atoms with Crippen LogP contribution in [-0.4, -0.2) is 18.3 Å². The number of hydrogen-bond acceptors (Lipinski definition) is 3. The fraction of sp³-hybridized carbons (Fsp3) is 0.429. The normalized spacial score (nSPS) is 21.2. The van der Waals surface area contributed by atoms with Gasteiger partial charge in [0.2, 0.25) is 0 Å². The van der Waals surface area contributed by atoms with Gasteiger partial charge in [-0.1, -0.05) is 23.7 Å². The molecule has 3 rings (SSSR count). The van der Waals surface area contributed by atoms with Crippen LogP contribution in [0, 0.1) is 0 Å². The van der Waals surface area contributed by atoms with E-state index in [1.807, 2.05) is 17.5 Å². The van der Waals surface area contributed by atoms with Crippen LogP contribution in [0.5, 0.6) is 0 Å². The average molecular weight is 295 g/mol. The number of rotatable bonds is 1. The van der Waals surface area contributed by atoms with E-state index in [-0.39, 0.29) is 18.3 Å². The SMILES string of the molecule is CC1(C)OB(c2ccc3c(Cl)csc3c2)OC1(C)C. The highest BCUT2D eigenvalue weighted by atomic mass is 35.5. The fourth-order valence-electron chi connectivity index (χ4n) is 2.14. The quantitative estimate of drug-likeness (QED) is 0.744. The molecule has 1 aliphatic rings. The predicted octanol–water partition coefficient (Wildman–Crippen LogP) is 3.85. The number of fused-ring (bicyclic) bond motifs is 1. The summed E-state index contributed by atoms with van der Waals surface area (Å²) in [5, 5.41) is 3.85. The Morgan fingerprint density at radius 2 is 1.74 bits per heavy atom. The summed E-state index contributed by atoms with van der Waals surface area (Å²) in [5.74, 6) is 0. The minimum absolute atomic E-state index is 0.306. The molecule has 1 saturated heterocycles. The van der Waals surface area contributed by atoms with Gasteiger partial charge in [0, 0.05) is 15.5 Å². The molecule has 0 atom stereocenters. The summed E-state index contributed by atoms with van der Waals surface area (Å²) in [5.41, 5.74) is 0.434. The zero-order valence-electron chi connectivity index (χ0n) is 11.5. The molecule has 0 radical (unpaired) electrons. The maximum absolute atomic E-state index is 6.12. The Balaban J connectivity index is 1.98. The Morgan fingerprint density at radius 1 is 1.11 bits per heavy atom. The van der Waals surface area contributed by atoms with Gasteiger partial charge in [-0.15, -0.1) is 11.3 Å². The van der Waals surface area contributed by atoms with Crippen molar-refractivity contribution in [2.24, 2.45) is 0 Å². The van der Waals surface area contributed by atoms with Crippen LogP contribution >= 0.6 is 22.9 Å². The lowest BCUT2D eigenvalue weighted by Gasteiger charge is -2.32. The molecule has 0 bridgehead atoms. The van der Waals surface area contributed by atoms with Gasteiger partial charge in [0.15, 0.2) is 0 Å². The van der Waals surface area contributed by atoms with Crippen LogP contribution in [0.2, 0.25) is 5.02 Å². The van der Waals surface area contributed by atoms with Gasteiger partial charge in [0.1, 0.15) is 0 Å². The van der Waals surface area contributed by atoms with Crippen LogP contribution in [0.3, 0.4) is 0 Å². The monoisotopic (exact) mass is 294 g/mol. The summed E-state index contributed by atoms with van der Waals surface area (Å²) in [4.78, 5) is 0. The predicted molar refractivity (Wildman–Crippen MR) is 82.6 cm³/mol. The van der Waals surface area contributed by atoms with Crippen LogP contribution in [0.25, 0.3) is 10.1 Å². The molecule has 2 nitrogen and oxygen atoms in total. The van der Waals surface area contributed by atoms with Crippen LogP contribution in [0.1, 0.15) is 27.7 Å². The van der Waals surface area contributed by atoms with Crippen molar-refractivity contribution in [3.63, 3.8) is 0 Å². The topological polar surface area (TPSA) is 18.5 Å². The van der Waals surface area contributed by atoms with Gasteiger partial charge in [-0.2, -0.15) is 0 Å². The average Bonchev–Trinajstić information content (AvgIpc) is 2.78. The first kappa shape index (κ1) is 13.4. The van der Waals surface area contributed by atoms with E-state index in [0.29, 0.717) is 0 Å². The highest BCUT2D eigenvalue weighted by Gasteiger charge is 2.51. The van der Waals surface area contributed by atoms with Gasteiger partial charge in [-0.3, -0.25) is 0 Å². The van der Waals surface area contributed by atoms with E-state index < -0.39 is 0 Å². The van der Waals surface area contributed by atoms with E-state index in [4.69, 9.17) is 20.9 Å². The van der Waals surface area contributed by atoms with E-state index in [9.17, 15) is 0 Å². The van der Waals surface area contributed by atoms with Crippen molar-refractivity contribution < 1.29 is 9.31 Å². The number of thiophene rings is 1. The number of benzene rings is 1. The molecule has 1 fully saturated rings. The van der Waals surface area contributed by atoms with Gasteiger partial charge in [-0.05, 0) is 39.2 Å². The van der Waals surface area contributed by atoms with Crippen LogP contribution < -0.4 is 5.46 Å². The smallest absolute Gasteiger partial charge is 0.399 e. The summed E-state index contributed by atoms with van der Waals surface area (Å²) in [6, 6.07) is 6.17. The van der Waals surface area contributed by atoms with Crippen molar-refractivity contribution in [3.05, 3.63) is 28.6 Å². The molecule has 19 heavy (non-hydrogen) atoms. The standard InChI is InChI=1S/C14H16BClO2S/c1-13(2)14(3,4)18-15(17-13)9-5-6-10-11(16)8-19-12(10)7-9/h5-8H,1-4H3. The number of halogens is 1. The van der Waals surface area contributed by atoms with E-state index in [1.54, 1.807) is 11.3 Å². The molecule has 1 aromatic heterocycles. The molecule has 1 aromatic carbocycles. The summed E-state index contributed by atoms with van der Waals surface area (Å²) in [6.07, 6.45) is 0. The Bertz CT molecular complexity index is 619. The van der Waals surface area contributed by atoms with Crippen molar-refractivity contribution in [2.75, 3.05) is 0 Å². The van der Waals surface area contributed by atoms with Crippen LogP contribution in [0.4, 0.5) is 0 Å². The second kappa shape index (κ2) is 4.22.